The molecule has 0 aliphatic heterocycles. The van der Waals surface area contributed by atoms with Gasteiger partial charge in [0, 0.05) is 12.1 Å². The molecule has 0 saturated heterocycles. The molecular formula is C13H18N2OS2. The quantitative estimate of drug-likeness (QED) is 0.840. The van der Waals surface area contributed by atoms with Gasteiger partial charge in [-0.1, -0.05) is 0 Å². The second-order valence-electron chi connectivity index (χ2n) is 4.31. The van der Waals surface area contributed by atoms with Crippen LogP contribution in [0.2, 0.25) is 0 Å². The van der Waals surface area contributed by atoms with Crippen LogP contribution in [0.15, 0.2) is 18.2 Å². The number of benzene rings is 1. The van der Waals surface area contributed by atoms with Crippen LogP contribution in [0.4, 0.5) is 0 Å². The third-order valence-corrected chi connectivity index (χ3v) is 4.05. The first-order valence-electron chi connectivity index (χ1n) is 5.94. The SMILES string of the molecule is COc1ccc2[nH]c(=S)n(C(C)CCSC)c2c1. The average Bonchev–Trinajstić information content (AvgIpc) is 2.70. The van der Waals surface area contributed by atoms with E-state index in [0.29, 0.717) is 6.04 Å². The first kappa shape index (κ1) is 13.5. The van der Waals surface area contributed by atoms with Crippen molar-refractivity contribution in [2.45, 2.75) is 19.4 Å². The molecule has 0 aliphatic rings. The molecule has 2 rings (SSSR count). The third-order valence-electron chi connectivity index (χ3n) is 3.11. The average molecular weight is 282 g/mol. The Kier molecular flexibility index (Phi) is 4.35. The second-order valence-corrected chi connectivity index (χ2v) is 5.69. The van der Waals surface area contributed by atoms with Crippen molar-refractivity contribution in [2.24, 2.45) is 0 Å². The molecule has 1 aromatic heterocycles. The zero-order valence-corrected chi connectivity index (χ0v) is 12.5. The summed E-state index contributed by atoms with van der Waals surface area (Å²) in [5.41, 5.74) is 2.18. The predicted molar refractivity (Wildman–Crippen MR) is 81.4 cm³/mol. The molecule has 98 valence electrons. The fourth-order valence-corrected chi connectivity index (χ4v) is 3.05. The number of ether oxygens (including phenoxy) is 1. The number of hydrogen-bond acceptors (Lipinski definition) is 3. The maximum atomic E-state index is 5.42. The van der Waals surface area contributed by atoms with Crippen molar-refractivity contribution in [3.63, 3.8) is 0 Å². The Bertz CT molecular complexity index is 588. The van der Waals surface area contributed by atoms with Gasteiger partial charge in [0.2, 0.25) is 0 Å². The fourth-order valence-electron chi connectivity index (χ4n) is 2.08. The number of rotatable bonds is 5. The van der Waals surface area contributed by atoms with Crippen LogP contribution in [0.3, 0.4) is 0 Å². The van der Waals surface area contributed by atoms with Gasteiger partial charge in [0.05, 0.1) is 18.1 Å². The van der Waals surface area contributed by atoms with E-state index in [2.05, 4.69) is 22.7 Å². The monoisotopic (exact) mass is 282 g/mol. The zero-order chi connectivity index (χ0) is 13.1. The molecule has 0 saturated carbocycles. The van der Waals surface area contributed by atoms with Gasteiger partial charge in [-0.3, -0.25) is 0 Å². The highest BCUT2D eigenvalue weighted by Crippen LogP contribution is 2.25. The Hall–Kier alpha value is -0.940. The number of methoxy groups -OCH3 is 1. The van der Waals surface area contributed by atoms with Crippen molar-refractivity contribution in [3.05, 3.63) is 23.0 Å². The summed E-state index contributed by atoms with van der Waals surface area (Å²) in [5, 5.41) is 0. The Morgan fingerprint density at radius 2 is 2.28 bits per heavy atom. The van der Waals surface area contributed by atoms with E-state index in [1.807, 2.05) is 30.0 Å². The molecule has 3 nitrogen and oxygen atoms in total. The van der Waals surface area contributed by atoms with E-state index in [0.717, 1.165) is 33.7 Å². The van der Waals surface area contributed by atoms with E-state index in [-0.39, 0.29) is 0 Å². The van der Waals surface area contributed by atoms with Crippen LogP contribution in [0, 0.1) is 4.77 Å². The number of imidazole rings is 1. The maximum Gasteiger partial charge on any atom is 0.178 e. The smallest absolute Gasteiger partial charge is 0.178 e. The maximum absolute atomic E-state index is 5.42. The van der Waals surface area contributed by atoms with Crippen LogP contribution in [0.5, 0.6) is 5.75 Å². The minimum absolute atomic E-state index is 0.394. The molecule has 18 heavy (non-hydrogen) atoms. The number of nitrogens with zero attached hydrogens (tertiary/aromatic N) is 1. The Morgan fingerprint density at radius 3 is 2.94 bits per heavy atom. The molecule has 0 fully saturated rings. The normalized spacial score (nSPS) is 12.8. The summed E-state index contributed by atoms with van der Waals surface area (Å²) in [5.74, 6) is 2.00. The van der Waals surface area contributed by atoms with Crippen LogP contribution in [0.25, 0.3) is 11.0 Å². The first-order chi connectivity index (χ1) is 8.67. The summed E-state index contributed by atoms with van der Waals surface area (Å²) in [6.07, 6.45) is 3.24. The highest BCUT2D eigenvalue weighted by atomic mass is 32.2. The number of H-pyrrole nitrogens is 1. The van der Waals surface area contributed by atoms with Crippen LogP contribution >= 0.6 is 24.0 Å². The van der Waals surface area contributed by atoms with Crippen molar-refractivity contribution < 1.29 is 4.74 Å². The minimum atomic E-state index is 0.394. The number of aromatic nitrogens is 2. The van der Waals surface area contributed by atoms with E-state index in [4.69, 9.17) is 17.0 Å². The lowest BCUT2D eigenvalue weighted by Crippen LogP contribution is -2.06. The molecule has 1 heterocycles. The topological polar surface area (TPSA) is 29.9 Å². The van der Waals surface area contributed by atoms with Crippen molar-refractivity contribution in [2.75, 3.05) is 19.1 Å². The summed E-state index contributed by atoms with van der Waals surface area (Å²) in [6.45, 7) is 2.21. The summed E-state index contributed by atoms with van der Waals surface area (Å²) in [7, 11) is 1.68. The molecular weight excluding hydrogens is 264 g/mol. The molecule has 1 atom stereocenters. The molecule has 5 heteroatoms. The molecule has 2 aromatic rings. The highest BCUT2D eigenvalue weighted by molar-refractivity contribution is 7.98. The first-order valence-corrected chi connectivity index (χ1v) is 7.74. The van der Waals surface area contributed by atoms with Gasteiger partial charge >= 0.3 is 0 Å². The number of hydrogen-bond donors (Lipinski definition) is 1. The lowest BCUT2D eigenvalue weighted by molar-refractivity contribution is 0.415. The summed E-state index contributed by atoms with van der Waals surface area (Å²) in [6, 6.07) is 6.40. The minimum Gasteiger partial charge on any atom is -0.497 e. The van der Waals surface area contributed by atoms with Crippen LogP contribution < -0.4 is 4.74 Å². The molecule has 0 amide bonds. The molecule has 0 bridgehead atoms. The zero-order valence-electron chi connectivity index (χ0n) is 10.9. The fraction of sp³-hybridized carbons (Fsp3) is 0.462. The van der Waals surface area contributed by atoms with Crippen LogP contribution in [0.1, 0.15) is 19.4 Å². The second kappa shape index (κ2) is 5.80. The third kappa shape index (κ3) is 2.57. The molecule has 0 aliphatic carbocycles. The standard InChI is InChI=1S/C13H18N2OS2/c1-9(6-7-18-3)15-12-8-10(16-2)4-5-11(12)14-13(15)17/h4-5,8-9H,6-7H2,1-3H3,(H,14,17). The molecule has 1 unspecified atom stereocenters. The summed E-state index contributed by atoms with van der Waals surface area (Å²) < 4.78 is 8.25. The van der Waals surface area contributed by atoms with E-state index < -0.39 is 0 Å². The van der Waals surface area contributed by atoms with Crippen molar-refractivity contribution in [1.29, 1.82) is 0 Å². The van der Waals surface area contributed by atoms with Gasteiger partial charge in [0.15, 0.2) is 4.77 Å². The van der Waals surface area contributed by atoms with E-state index >= 15 is 0 Å². The predicted octanol–water partition coefficient (Wildman–Crippen LogP) is 4.02. The van der Waals surface area contributed by atoms with Gasteiger partial charge in [-0.25, -0.2) is 0 Å². The molecule has 1 N–H and O–H groups in total. The van der Waals surface area contributed by atoms with Gasteiger partial charge in [0.25, 0.3) is 0 Å². The van der Waals surface area contributed by atoms with Gasteiger partial charge in [-0.2, -0.15) is 11.8 Å². The van der Waals surface area contributed by atoms with E-state index in [1.165, 1.54) is 0 Å². The van der Waals surface area contributed by atoms with E-state index in [1.54, 1.807) is 7.11 Å². The van der Waals surface area contributed by atoms with Gasteiger partial charge < -0.3 is 14.3 Å². The van der Waals surface area contributed by atoms with Crippen LogP contribution in [-0.2, 0) is 0 Å². The number of thioether (sulfide) groups is 1. The lowest BCUT2D eigenvalue weighted by atomic mass is 10.2. The van der Waals surface area contributed by atoms with Crippen LogP contribution in [-0.4, -0.2) is 28.7 Å². The molecule has 0 spiro atoms. The number of aromatic amines is 1. The number of fused-ring (bicyclic) bond motifs is 1. The highest BCUT2D eigenvalue weighted by Gasteiger charge is 2.11. The van der Waals surface area contributed by atoms with Crippen molar-refractivity contribution in [3.8, 4) is 5.75 Å². The van der Waals surface area contributed by atoms with Gasteiger partial charge in [-0.15, -0.1) is 0 Å². The van der Waals surface area contributed by atoms with Crippen molar-refractivity contribution >= 4 is 35.0 Å². The van der Waals surface area contributed by atoms with Gasteiger partial charge in [-0.05, 0) is 49.7 Å². The largest absolute Gasteiger partial charge is 0.497 e. The summed E-state index contributed by atoms with van der Waals surface area (Å²) in [4.78, 5) is 3.25. The molecule has 1 aromatic carbocycles. The lowest BCUT2D eigenvalue weighted by Gasteiger charge is -2.14. The van der Waals surface area contributed by atoms with Gasteiger partial charge in [0.1, 0.15) is 5.75 Å². The number of nitrogens with one attached hydrogen (secondary N) is 1. The van der Waals surface area contributed by atoms with Crippen molar-refractivity contribution in [1.82, 2.24) is 9.55 Å². The Balaban J connectivity index is 2.47. The Labute approximate surface area is 117 Å². The summed E-state index contributed by atoms with van der Waals surface area (Å²) >= 11 is 7.28. The Morgan fingerprint density at radius 1 is 1.50 bits per heavy atom. The molecule has 0 radical (unpaired) electrons. The van der Waals surface area contributed by atoms with E-state index in [9.17, 15) is 0 Å².